The number of hydrogen-bond acceptors (Lipinski definition) is 5. The minimum atomic E-state index is -5.08. The molecule has 0 saturated heterocycles. The van der Waals surface area contributed by atoms with Crippen LogP contribution in [0.5, 0.6) is 0 Å². The van der Waals surface area contributed by atoms with Gasteiger partial charge in [-0.1, -0.05) is 0 Å². The average Bonchev–Trinajstić information content (AvgIpc) is 2.85. The average molecular weight is 306 g/mol. The lowest BCUT2D eigenvalue weighted by atomic mass is 10.1. The van der Waals surface area contributed by atoms with Crippen molar-refractivity contribution >= 4 is 11.9 Å². The summed E-state index contributed by atoms with van der Waals surface area (Å²) in [5.41, 5.74) is 2.70. The van der Waals surface area contributed by atoms with E-state index in [1.54, 1.807) is 19.2 Å². The third kappa shape index (κ3) is 5.03. The van der Waals surface area contributed by atoms with E-state index in [0.717, 1.165) is 24.2 Å². The van der Waals surface area contributed by atoms with Gasteiger partial charge in [-0.3, -0.25) is 0 Å². The van der Waals surface area contributed by atoms with Crippen molar-refractivity contribution in [2.75, 3.05) is 6.61 Å². The van der Waals surface area contributed by atoms with Crippen LogP contribution >= 0.6 is 0 Å². The molecule has 0 fully saturated rings. The van der Waals surface area contributed by atoms with Crippen LogP contribution in [-0.4, -0.2) is 34.8 Å². The maximum atomic E-state index is 11.3. The lowest BCUT2D eigenvalue weighted by Crippen LogP contribution is -2.21. The highest BCUT2D eigenvalue weighted by atomic mass is 19.4. The van der Waals surface area contributed by atoms with Gasteiger partial charge < -0.3 is 15.2 Å². The molecule has 0 spiro atoms. The number of carbonyl (C=O) groups excluding carboxylic acids is 1. The van der Waals surface area contributed by atoms with E-state index in [1.165, 1.54) is 0 Å². The number of carboxylic acid groups (broad SMARTS) is 1. The van der Waals surface area contributed by atoms with Crippen LogP contribution in [-0.2, 0) is 22.6 Å². The fourth-order valence-corrected chi connectivity index (χ4v) is 1.50. The molecule has 0 saturated carbocycles. The molecule has 0 aliphatic carbocycles. The molecule has 2 rings (SSSR count). The standard InChI is InChI=1S/C10H12N2O2.C2HF3O2/c1-2-14-10(13)9-3-7-4-11-5-8(7)6-12-9;3-2(4,5)1(6)7/h3,6,11H,2,4-5H2,1H3;(H,6,7). The highest BCUT2D eigenvalue weighted by molar-refractivity contribution is 5.87. The zero-order valence-corrected chi connectivity index (χ0v) is 11.0. The van der Waals surface area contributed by atoms with E-state index in [2.05, 4.69) is 10.3 Å². The lowest BCUT2D eigenvalue weighted by Gasteiger charge is -2.02. The van der Waals surface area contributed by atoms with Gasteiger partial charge in [0, 0.05) is 19.3 Å². The van der Waals surface area contributed by atoms with E-state index in [-0.39, 0.29) is 5.97 Å². The number of carboxylic acids is 1. The molecule has 0 atom stereocenters. The van der Waals surface area contributed by atoms with Crippen molar-refractivity contribution in [3.8, 4) is 0 Å². The Labute approximate surface area is 117 Å². The molecular weight excluding hydrogens is 293 g/mol. The summed E-state index contributed by atoms with van der Waals surface area (Å²) in [7, 11) is 0. The maximum Gasteiger partial charge on any atom is 0.490 e. The van der Waals surface area contributed by atoms with Gasteiger partial charge in [-0.15, -0.1) is 0 Å². The molecule has 21 heavy (non-hydrogen) atoms. The first-order chi connectivity index (χ1) is 9.75. The summed E-state index contributed by atoms with van der Waals surface area (Å²) in [5.74, 6) is -3.10. The molecular formula is C12H13F3N2O4. The molecule has 1 aliphatic heterocycles. The number of pyridine rings is 1. The maximum absolute atomic E-state index is 11.3. The van der Waals surface area contributed by atoms with Gasteiger partial charge in [0.15, 0.2) is 0 Å². The summed E-state index contributed by atoms with van der Waals surface area (Å²) in [6, 6.07) is 1.80. The zero-order chi connectivity index (χ0) is 16.0. The van der Waals surface area contributed by atoms with Crippen LogP contribution in [0, 0.1) is 0 Å². The number of alkyl halides is 3. The zero-order valence-electron chi connectivity index (χ0n) is 11.0. The molecule has 2 heterocycles. The Kier molecular flexibility index (Phi) is 5.65. The summed E-state index contributed by atoms with van der Waals surface area (Å²) >= 11 is 0. The van der Waals surface area contributed by atoms with Gasteiger partial charge in [0.05, 0.1) is 6.61 Å². The van der Waals surface area contributed by atoms with Gasteiger partial charge >= 0.3 is 18.1 Å². The molecule has 0 amide bonds. The molecule has 1 aliphatic rings. The quantitative estimate of drug-likeness (QED) is 0.805. The smallest absolute Gasteiger partial charge is 0.475 e. The van der Waals surface area contributed by atoms with E-state index >= 15 is 0 Å². The second-order valence-corrected chi connectivity index (χ2v) is 3.97. The number of aliphatic carboxylic acids is 1. The monoisotopic (exact) mass is 306 g/mol. The van der Waals surface area contributed by atoms with Gasteiger partial charge in [-0.05, 0) is 24.1 Å². The van der Waals surface area contributed by atoms with Crippen LogP contribution < -0.4 is 5.32 Å². The minimum Gasteiger partial charge on any atom is -0.475 e. The van der Waals surface area contributed by atoms with Crippen LogP contribution in [0.4, 0.5) is 13.2 Å². The first kappa shape index (κ1) is 16.9. The molecule has 0 aromatic carbocycles. The number of aromatic nitrogens is 1. The Morgan fingerprint density at radius 3 is 2.48 bits per heavy atom. The Hall–Kier alpha value is -2.16. The van der Waals surface area contributed by atoms with Crippen LogP contribution in [0.3, 0.4) is 0 Å². The number of carbonyl (C=O) groups is 2. The highest BCUT2D eigenvalue weighted by Gasteiger charge is 2.38. The molecule has 1 aromatic rings. The number of fused-ring (bicyclic) bond motifs is 1. The predicted octanol–water partition coefficient (Wildman–Crippen LogP) is 1.49. The second kappa shape index (κ2) is 7.02. The fourth-order valence-electron chi connectivity index (χ4n) is 1.50. The Morgan fingerprint density at radius 2 is 1.95 bits per heavy atom. The number of nitrogens with one attached hydrogen (secondary N) is 1. The van der Waals surface area contributed by atoms with Crippen LogP contribution in [0.1, 0.15) is 28.5 Å². The third-order valence-electron chi connectivity index (χ3n) is 2.44. The molecule has 116 valence electrons. The number of esters is 1. The molecule has 9 heteroatoms. The van der Waals surface area contributed by atoms with Crippen molar-refractivity contribution in [3.05, 3.63) is 29.1 Å². The van der Waals surface area contributed by atoms with E-state index in [4.69, 9.17) is 14.6 Å². The number of nitrogens with zero attached hydrogens (tertiary/aromatic N) is 1. The highest BCUT2D eigenvalue weighted by Crippen LogP contribution is 2.15. The number of rotatable bonds is 2. The molecule has 6 nitrogen and oxygen atoms in total. The summed E-state index contributed by atoms with van der Waals surface area (Å²) in [6.45, 7) is 3.82. The van der Waals surface area contributed by atoms with E-state index in [0.29, 0.717) is 12.3 Å². The van der Waals surface area contributed by atoms with Crippen molar-refractivity contribution in [2.45, 2.75) is 26.2 Å². The van der Waals surface area contributed by atoms with E-state index < -0.39 is 12.1 Å². The van der Waals surface area contributed by atoms with Gasteiger partial charge in [-0.2, -0.15) is 13.2 Å². The predicted molar refractivity (Wildman–Crippen MR) is 64.4 cm³/mol. The van der Waals surface area contributed by atoms with Crippen LogP contribution in [0.25, 0.3) is 0 Å². The minimum absolute atomic E-state index is 0.345. The van der Waals surface area contributed by atoms with E-state index in [1.807, 2.05) is 0 Å². The number of ether oxygens (including phenoxy) is 1. The largest absolute Gasteiger partial charge is 0.490 e. The van der Waals surface area contributed by atoms with Gasteiger partial charge in [-0.25, -0.2) is 14.6 Å². The van der Waals surface area contributed by atoms with Gasteiger partial charge in [0.25, 0.3) is 0 Å². The Bertz CT molecular complexity index is 532. The van der Waals surface area contributed by atoms with Crippen molar-refractivity contribution in [1.82, 2.24) is 10.3 Å². The molecule has 0 unspecified atom stereocenters. The molecule has 0 radical (unpaired) electrons. The summed E-state index contributed by atoms with van der Waals surface area (Å²) in [4.78, 5) is 24.3. The number of hydrogen-bond donors (Lipinski definition) is 2. The topological polar surface area (TPSA) is 88.5 Å². The first-order valence-electron chi connectivity index (χ1n) is 5.91. The van der Waals surface area contributed by atoms with Gasteiger partial charge in [0.2, 0.25) is 0 Å². The van der Waals surface area contributed by atoms with Gasteiger partial charge in [0.1, 0.15) is 5.69 Å². The third-order valence-corrected chi connectivity index (χ3v) is 2.44. The van der Waals surface area contributed by atoms with Crippen molar-refractivity contribution in [3.63, 3.8) is 0 Å². The number of halogens is 3. The van der Waals surface area contributed by atoms with E-state index in [9.17, 15) is 18.0 Å². The summed E-state index contributed by atoms with van der Waals surface area (Å²) in [5, 5.41) is 10.3. The first-order valence-corrected chi connectivity index (χ1v) is 5.91. The second-order valence-electron chi connectivity index (χ2n) is 3.97. The van der Waals surface area contributed by atoms with Crippen molar-refractivity contribution < 1.29 is 32.6 Å². The summed E-state index contributed by atoms with van der Waals surface area (Å²) in [6.07, 6.45) is -3.35. The fraction of sp³-hybridized carbons (Fsp3) is 0.417. The lowest BCUT2D eigenvalue weighted by molar-refractivity contribution is -0.192. The SMILES string of the molecule is CCOC(=O)c1cc2c(cn1)CNC2.O=C(O)C(F)(F)F. The Morgan fingerprint density at radius 1 is 1.38 bits per heavy atom. The van der Waals surface area contributed by atoms with Crippen LogP contribution in [0.2, 0.25) is 0 Å². The van der Waals surface area contributed by atoms with Crippen molar-refractivity contribution in [2.24, 2.45) is 0 Å². The molecule has 1 aromatic heterocycles. The normalized spacial score (nSPS) is 13.0. The summed E-state index contributed by atoms with van der Waals surface area (Å²) < 4.78 is 36.6. The molecule has 0 bridgehead atoms. The van der Waals surface area contributed by atoms with Crippen LogP contribution in [0.15, 0.2) is 12.3 Å². The Balaban J connectivity index is 0.000000270. The van der Waals surface area contributed by atoms with Crippen molar-refractivity contribution in [1.29, 1.82) is 0 Å². The molecule has 2 N–H and O–H groups in total.